The first-order chi connectivity index (χ1) is 6.72. The van der Waals surface area contributed by atoms with Crippen LogP contribution in [0.4, 0.5) is 0 Å². The molecule has 0 amide bonds. The molecule has 3 N–H and O–H groups in total. The van der Waals surface area contributed by atoms with Crippen molar-refractivity contribution in [1.29, 1.82) is 0 Å². The van der Waals surface area contributed by atoms with E-state index in [0.29, 0.717) is 5.58 Å². The van der Waals surface area contributed by atoms with E-state index in [-0.39, 0.29) is 12.6 Å². The van der Waals surface area contributed by atoms with Crippen molar-refractivity contribution in [3.63, 3.8) is 0 Å². The van der Waals surface area contributed by atoms with Crippen LogP contribution in [-0.4, -0.2) is 16.7 Å². The van der Waals surface area contributed by atoms with Gasteiger partial charge < -0.3 is 15.3 Å². The van der Waals surface area contributed by atoms with E-state index in [1.807, 2.05) is 12.1 Å². The minimum absolute atomic E-state index is 0.0875. The molecule has 2 aromatic rings. The molecule has 1 aromatic heterocycles. The van der Waals surface area contributed by atoms with Gasteiger partial charge in [0.05, 0.1) is 17.1 Å². The Kier molecular flexibility index (Phi) is 2.54. The number of benzene rings is 1. The van der Waals surface area contributed by atoms with Gasteiger partial charge in [-0.05, 0) is 33.6 Å². The molecule has 0 saturated carbocycles. The molecule has 1 atom stereocenters. The van der Waals surface area contributed by atoms with E-state index in [1.54, 1.807) is 0 Å². The van der Waals surface area contributed by atoms with Crippen LogP contribution in [0.25, 0.3) is 11.1 Å². The fourth-order valence-corrected chi connectivity index (χ4v) is 1.83. The maximum atomic E-state index is 8.92. The molecule has 2 rings (SSSR count). The Morgan fingerprint density at radius 3 is 3.07 bits per heavy atom. The number of nitrogens with two attached hydrogens (primary N) is 1. The molecule has 1 heterocycles. The van der Waals surface area contributed by atoms with Gasteiger partial charge in [0.25, 0.3) is 0 Å². The van der Waals surface area contributed by atoms with Crippen LogP contribution in [-0.2, 0) is 0 Å². The van der Waals surface area contributed by atoms with Crippen molar-refractivity contribution in [1.82, 2.24) is 4.98 Å². The number of rotatable bonds is 2. The van der Waals surface area contributed by atoms with Gasteiger partial charge in [-0.1, -0.05) is 0 Å². The molecule has 0 radical (unpaired) electrons. The summed E-state index contributed by atoms with van der Waals surface area (Å²) in [6, 6.07) is 3.26. The highest BCUT2D eigenvalue weighted by Gasteiger charge is 2.10. The van der Waals surface area contributed by atoms with E-state index in [2.05, 4.69) is 20.9 Å². The van der Waals surface area contributed by atoms with E-state index >= 15 is 0 Å². The molecule has 0 aliphatic rings. The van der Waals surface area contributed by atoms with Gasteiger partial charge >= 0.3 is 0 Å². The molecule has 0 fully saturated rings. The van der Waals surface area contributed by atoms with Crippen molar-refractivity contribution in [2.75, 3.05) is 6.61 Å². The zero-order valence-corrected chi connectivity index (χ0v) is 8.86. The number of aliphatic hydroxyl groups excluding tert-OH is 1. The summed E-state index contributed by atoms with van der Waals surface area (Å²) >= 11 is 3.35. The highest BCUT2D eigenvalue weighted by molar-refractivity contribution is 9.10. The molecular formula is C9H9BrN2O2. The zero-order valence-electron chi connectivity index (χ0n) is 7.27. The van der Waals surface area contributed by atoms with Gasteiger partial charge in [0.15, 0.2) is 12.0 Å². The summed E-state index contributed by atoms with van der Waals surface area (Å²) in [5.74, 6) is 0. The second-order valence-electron chi connectivity index (χ2n) is 2.99. The summed E-state index contributed by atoms with van der Waals surface area (Å²) < 4.78 is 5.95. The van der Waals surface area contributed by atoms with Crippen LogP contribution in [0, 0.1) is 0 Å². The molecule has 0 aliphatic carbocycles. The van der Waals surface area contributed by atoms with Crippen molar-refractivity contribution in [2.24, 2.45) is 5.73 Å². The van der Waals surface area contributed by atoms with Crippen molar-refractivity contribution in [3.8, 4) is 0 Å². The molecular weight excluding hydrogens is 248 g/mol. The lowest BCUT2D eigenvalue weighted by atomic mass is 10.1. The molecule has 5 heteroatoms. The van der Waals surface area contributed by atoms with Gasteiger partial charge in [-0.3, -0.25) is 0 Å². The highest BCUT2D eigenvalue weighted by Crippen LogP contribution is 2.26. The topological polar surface area (TPSA) is 72.3 Å². The lowest BCUT2D eigenvalue weighted by Crippen LogP contribution is -2.14. The Balaban J connectivity index is 2.58. The van der Waals surface area contributed by atoms with Crippen molar-refractivity contribution in [2.45, 2.75) is 6.04 Å². The maximum absolute atomic E-state index is 8.92. The molecule has 74 valence electrons. The van der Waals surface area contributed by atoms with Gasteiger partial charge in [0, 0.05) is 0 Å². The van der Waals surface area contributed by atoms with Crippen LogP contribution in [0.5, 0.6) is 0 Å². The van der Waals surface area contributed by atoms with E-state index in [4.69, 9.17) is 15.3 Å². The van der Waals surface area contributed by atoms with E-state index in [0.717, 1.165) is 15.6 Å². The SMILES string of the molecule is NC(CO)c1cc(Br)c2ocnc2c1. The van der Waals surface area contributed by atoms with Gasteiger partial charge in [0.1, 0.15) is 5.52 Å². The quantitative estimate of drug-likeness (QED) is 0.856. The summed E-state index contributed by atoms with van der Waals surface area (Å²) in [6.07, 6.45) is 1.38. The Morgan fingerprint density at radius 2 is 2.36 bits per heavy atom. The number of aromatic nitrogens is 1. The van der Waals surface area contributed by atoms with Crippen molar-refractivity contribution in [3.05, 3.63) is 28.6 Å². The first kappa shape index (κ1) is 9.64. The number of nitrogens with zero attached hydrogens (tertiary/aromatic N) is 1. The second-order valence-corrected chi connectivity index (χ2v) is 3.85. The minimum atomic E-state index is -0.382. The average Bonchev–Trinajstić information content (AvgIpc) is 2.64. The molecule has 14 heavy (non-hydrogen) atoms. The highest BCUT2D eigenvalue weighted by atomic mass is 79.9. The fraction of sp³-hybridized carbons (Fsp3) is 0.222. The average molecular weight is 257 g/mol. The van der Waals surface area contributed by atoms with Crippen LogP contribution in [0.15, 0.2) is 27.4 Å². The van der Waals surface area contributed by atoms with Crippen molar-refractivity contribution < 1.29 is 9.52 Å². The minimum Gasteiger partial charge on any atom is -0.442 e. The first-order valence-electron chi connectivity index (χ1n) is 4.11. The lowest BCUT2D eigenvalue weighted by Gasteiger charge is -2.08. The van der Waals surface area contributed by atoms with Crippen LogP contribution in [0.3, 0.4) is 0 Å². The van der Waals surface area contributed by atoms with Gasteiger partial charge in [-0.25, -0.2) is 4.98 Å². The number of hydrogen-bond acceptors (Lipinski definition) is 4. The van der Waals surface area contributed by atoms with E-state index in [1.165, 1.54) is 6.39 Å². The third-order valence-corrected chi connectivity index (χ3v) is 2.62. The van der Waals surface area contributed by atoms with Gasteiger partial charge in [-0.15, -0.1) is 0 Å². The molecule has 4 nitrogen and oxygen atoms in total. The largest absolute Gasteiger partial charge is 0.442 e. The summed E-state index contributed by atoms with van der Waals surface area (Å²) in [5.41, 5.74) is 7.96. The predicted octanol–water partition coefficient (Wildman–Crippen LogP) is 1.58. The first-order valence-corrected chi connectivity index (χ1v) is 4.90. The summed E-state index contributed by atoms with van der Waals surface area (Å²) in [7, 11) is 0. The number of halogens is 1. The molecule has 0 saturated heterocycles. The Morgan fingerprint density at radius 1 is 1.57 bits per heavy atom. The number of oxazole rings is 1. The van der Waals surface area contributed by atoms with Gasteiger partial charge in [-0.2, -0.15) is 0 Å². The third kappa shape index (κ3) is 1.54. The van der Waals surface area contributed by atoms with E-state index in [9.17, 15) is 0 Å². The standard InChI is InChI=1S/C9H9BrN2O2/c10-6-1-5(7(11)3-13)2-8-9(6)14-4-12-8/h1-2,4,7,13H,3,11H2. The molecule has 1 aromatic carbocycles. The van der Waals surface area contributed by atoms with Crippen molar-refractivity contribution >= 4 is 27.0 Å². The lowest BCUT2D eigenvalue weighted by molar-refractivity contribution is 0.268. The Labute approximate surface area is 88.9 Å². The predicted molar refractivity (Wildman–Crippen MR) is 55.7 cm³/mol. The monoisotopic (exact) mass is 256 g/mol. The summed E-state index contributed by atoms with van der Waals surface area (Å²) in [5, 5.41) is 8.92. The normalized spacial score (nSPS) is 13.4. The zero-order chi connectivity index (χ0) is 10.1. The molecule has 0 aliphatic heterocycles. The van der Waals surface area contributed by atoms with Crippen LogP contribution in [0.2, 0.25) is 0 Å². The molecule has 0 spiro atoms. The number of aliphatic hydroxyl groups is 1. The smallest absolute Gasteiger partial charge is 0.182 e. The molecule has 0 bridgehead atoms. The summed E-state index contributed by atoms with van der Waals surface area (Å²) in [6.45, 7) is -0.0875. The molecule has 1 unspecified atom stereocenters. The van der Waals surface area contributed by atoms with Crippen LogP contribution >= 0.6 is 15.9 Å². The maximum Gasteiger partial charge on any atom is 0.182 e. The van der Waals surface area contributed by atoms with Crippen LogP contribution < -0.4 is 5.73 Å². The second kappa shape index (κ2) is 3.68. The number of fused-ring (bicyclic) bond motifs is 1. The third-order valence-electron chi connectivity index (χ3n) is 2.03. The van der Waals surface area contributed by atoms with E-state index < -0.39 is 0 Å². The summed E-state index contributed by atoms with van der Waals surface area (Å²) in [4.78, 5) is 4.02. The Hall–Kier alpha value is -0.910. The Bertz CT molecular complexity index is 455. The fourth-order valence-electron chi connectivity index (χ4n) is 1.27. The van der Waals surface area contributed by atoms with Gasteiger partial charge in [0.2, 0.25) is 0 Å². The number of hydrogen-bond donors (Lipinski definition) is 2. The van der Waals surface area contributed by atoms with Crippen LogP contribution in [0.1, 0.15) is 11.6 Å².